The van der Waals surface area contributed by atoms with E-state index in [1.165, 1.54) is 0 Å². The van der Waals surface area contributed by atoms with Gasteiger partial charge in [-0.3, -0.25) is 9.59 Å². The average molecular weight is 393 g/mol. The summed E-state index contributed by atoms with van der Waals surface area (Å²) in [6.45, 7) is 6.63. The SMILES string of the molecule is COCCCN1C(=O)C(=O)/C(=C(/O)c2cc(C)ccc2C)C1c1cccc(C)c1. The Balaban J connectivity index is 2.18. The molecule has 29 heavy (non-hydrogen) atoms. The van der Waals surface area contributed by atoms with E-state index in [2.05, 4.69) is 0 Å². The second kappa shape index (κ2) is 8.62. The van der Waals surface area contributed by atoms with Crippen molar-refractivity contribution in [3.63, 3.8) is 0 Å². The Labute approximate surface area is 171 Å². The molecular formula is C24H27NO4. The van der Waals surface area contributed by atoms with Crippen LogP contribution in [0.5, 0.6) is 0 Å². The van der Waals surface area contributed by atoms with E-state index in [1.54, 1.807) is 12.0 Å². The summed E-state index contributed by atoms with van der Waals surface area (Å²) < 4.78 is 5.11. The number of likely N-dealkylation sites (tertiary alicyclic amines) is 1. The molecule has 0 bridgehead atoms. The zero-order valence-electron chi connectivity index (χ0n) is 17.4. The summed E-state index contributed by atoms with van der Waals surface area (Å²) >= 11 is 0. The lowest BCUT2D eigenvalue weighted by molar-refractivity contribution is -0.140. The first-order valence-electron chi connectivity index (χ1n) is 9.76. The number of aryl methyl sites for hydroxylation is 3. The van der Waals surface area contributed by atoms with Gasteiger partial charge in [0, 0.05) is 25.8 Å². The van der Waals surface area contributed by atoms with Crippen LogP contribution in [0.3, 0.4) is 0 Å². The standard InChI is InChI=1S/C24H27NO4/c1-15-7-5-8-18(13-15)21-20(22(26)19-14-16(2)9-10-17(19)3)23(27)24(28)25(21)11-6-12-29-4/h5,7-10,13-14,21,26H,6,11-12H2,1-4H3/b22-20+. The van der Waals surface area contributed by atoms with Gasteiger partial charge in [-0.2, -0.15) is 0 Å². The average Bonchev–Trinajstić information content (AvgIpc) is 2.94. The highest BCUT2D eigenvalue weighted by Crippen LogP contribution is 2.40. The number of benzene rings is 2. The number of methoxy groups -OCH3 is 1. The van der Waals surface area contributed by atoms with Crippen LogP contribution in [0.2, 0.25) is 0 Å². The van der Waals surface area contributed by atoms with Gasteiger partial charge < -0.3 is 14.7 Å². The van der Waals surface area contributed by atoms with Gasteiger partial charge >= 0.3 is 0 Å². The first kappa shape index (κ1) is 20.8. The van der Waals surface area contributed by atoms with Gasteiger partial charge in [-0.05, 0) is 44.4 Å². The lowest BCUT2D eigenvalue weighted by Crippen LogP contribution is -2.31. The quantitative estimate of drug-likeness (QED) is 0.348. The summed E-state index contributed by atoms with van der Waals surface area (Å²) in [6, 6.07) is 12.8. The molecule has 1 aliphatic rings. The van der Waals surface area contributed by atoms with Crippen molar-refractivity contribution in [2.45, 2.75) is 33.2 Å². The highest BCUT2D eigenvalue weighted by molar-refractivity contribution is 6.46. The highest BCUT2D eigenvalue weighted by atomic mass is 16.5. The molecule has 1 atom stereocenters. The van der Waals surface area contributed by atoms with E-state index in [0.717, 1.165) is 22.3 Å². The van der Waals surface area contributed by atoms with Crippen molar-refractivity contribution >= 4 is 17.4 Å². The topological polar surface area (TPSA) is 66.8 Å². The maximum absolute atomic E-state index is 13.0. The number of ether oxygens (including phenoxy) is 1. The van der Waals surface area contributed by atoms with Crippen LogP contribution in [0.4, 0.5) is 0 Å². The number of ketones is 1. The Morgan fingerprint density at radius 1 is 1.07 bits per heavy atom. The molecule has 2 aromatic carbocycles. The minimum atomic E-state index is -0.646. The Kier molecular flexibility index (Phi) is 6.18. The summed E-state index contributed by atoms with van der Waals surface area (Å²) in [4.78, 5) is 27.4. The van der Waals surface area contributed by atoms with Crippen LogP contribution in [-0.2, 0) is 14.3 Å². The summed E-state index contributed by atoms with van der Waals surface area (Å²) in [5, 5.41) is 11.2. The lowest BCUT2D eigenvalue weighted by atomic mass is 9.92. The molecule has 1 fully saturated rings. The minimum absolute atomic E-state index is 0.120. The van der Waals surface area contributed by atoms with Crippen molar-refractivity contribution in [2.24, 2.45) is 0 Å². The molecule has 1 unspecified atom stereocenters. The number of hydrogen-bond acceptors (Lipinski definition) is 4. The third kappa shape index (κ3) is 4.10. The molecule has 0 saturated carbocycles. The monoisotopic (exact) mass is 393 g/mol. The fourth-order valence-electron chi connectivity index (χ4n) is 3.81. The van der Waals surface area contributed by atoms with Gasteiger partial charge in [0.2, 0.25) is 0 Å². The van der Waals surface area contributed by atoms with E-state index in [1.807, 2.05) is 63.2 Å². The minimum Gasteiger partial charge on any atom is -0.507 e. The molecule has 5 heteroatoms. The van der Waals surface area contributed by atoms with Gasteiger partial charge in [0.05, 0.1) is 11.6 Å². The Morgan fingerprint density at radius 3 is 2.48 bits per heavy atom. The molecule has 2 aromatic rings. The van der Waals surface area contributed by atoms with E-state index in [9.17, 15) is 14.7 Å². The fourth-order valence-corrected chi connectivity index (χ4v) is 3.81. The number of amides is 1. The molecule has 1 aliphatic heterocycles. The molecule has 0 spiro atoms. The summed E-state index contributed by atoms with van der Waals surface area (Å²) in [5.74, 6) is -1.35. The fraction of sp³-hybridized carbons (Fsp3) is 0.333. The molecule has 1 N–H and O–H groups in total. The maximum atomic E-state index is 13.0. The first-order valence-corrected chi connectivity index (χ1v) is 9.76. The van der Waals surface area contributed by atoms with Crippen molar-refractivity contribution < 1.29 is 19.4 Å². The van der Waals surface area contributed by atoms with Gasteiger partial charge in [0.1, 0.15) is 5.76 Å². The number of carbonyl (C=O) groups is 2. The van der Waals surface area contributed by atoms with Crippen LogP contribution < -0.4 is 0 Å². The van der Waals surface area contributed by atoms with Crippen LogP contribution in [0.25, 0.3) is 5.76 Å². The number of hydrogen-bond donors (Lipinski definition) is 1. The third-order valence-corrected chi connectivity index (χ3v) is 5.29. The highest BCUT2D eigenvalue weighted by Gasteiger charge is 2.45. The maximum Gasteiger partial charge on any atom is 0.295 e. The van der Waals surface area contributed by atoms with Gasteiger partial charge in [-0.25, -0.2) is 0 Å². The Morgan fingerprint density at radius 2 is 1.79 bits per heavy atom. The molecule has 0 aromatic heterocycles. The number of aliphatic hydroxyl groups is 1. The molecule has 152 valence electrons. The normalized spacial score (nSPS) is 18.5. The van der Waals surface area contributed by atoms with E-state index in [4.69, 9.17) is 4.74 Å². The van der Waals surface area contributed by atoms with Crippen molar-refractivity contribution in [1.29, 1.82) is 0 Å². The van der Waals surface area contributed by atoms with E-state index in [0.29, 0.717) is 25.1 Å². The first-order chi connectivity index (χ1) is 13.8. The van der Waals surface area contributed by atoms with Crippen molar-refractivity contribution in [1.82, 2.24) is 4.90 Å². The third-order valence-electron chi connectivity index (χ3n) is 5.29. The molecule has 1 heterocycles. The molecule has 1 amide bonds. The molecule has 1 saturated heterocycles. The molecule has 0 aliphatic carbocycles. The summed E-state index contributed by atoms with van der Waals surface area (Å²) in [5.41, 5.74) is 4.38. The zero-order chi connectivity index (χ0) is 21.1. The summed E-state index contributed by atoms with van der Waals surface area (Å²) in [7, 11) is 1.60. The largest absolute Gasteiger partial charge is 0.507 e. The summed E-state index contributed by atoms with van der Waals surface area (Å²) in [6.07, 6.45) is 0.606. The van der Waals surface area contributed by atoms with Gasteiger partial charge in [0.25, 0.3) is 11.7 Å². The molecule has 3 rings (SSSR count). The van der Waals surface area contributed by atoms with Crippen LogP contribution in [0.1, 0.15) is 40.3 Å². The zero-order valence-corrected chi connectivity index (χ0v) is 17.4. The predicted octanol–water partition coefficient (Wildman–Crippen LogP) is 4.07. The van der Waals surface area contributed by atoms with Crippen LogP contribution in [0.15, 0.2) is 48.0 Å². The number of rotatable bonds is 6. The molecular weight excluding hydrogens is 366 g/mol. The second-order valence-corrected chi connectivity index (χ2v) is 7.57. The number of nitrogens with zero attached hydrogens (tertiary/aromatic N) is 1. The smallest absolute Gasteiger partial charge is 0.295 e. The van der Waals surface area contributed by atoms with E-state index in [-0.39, 0.29) is 11.3 Å². The molecule has 5 nitrogen and oxygen atoms in total. The van der Waals surface area contributed by atoms with Crippen LogP contribution in [-0.4, -0.2) is 42.0 Å². The van der Waals surface area contributed by atoms with Crippen LogP contribution in [0, 0.1) is 20.8 Å². The van der Waals surface area contributed by atoms with Crippen molar-refractivity contribution in [3.05, 3.63) is 75.9 Å². The number of aliphatic hydroxyl groups excluding tert-OH is 1. The number of Topliss-reactive ketones (excluding diaryl/α,β-unsaturated/α-hetero) is 1. The van der Waals surface area contributed by atoms with Crippen molar-refractivity contribution in [2.75, 3.05) is 20.3 Å². The molecule has 0 radical (unpaired) electrons. The lowest BCUT2D eigenvalue weighted by Gasteiger charge is -2.25. The number of carbonyl (C=O) groups excluding carboxylic acids is 2. The van der Waals surface area contributed by atoms with Gasteiger partial charge in [0.15, 0.2) is 0 Å². The second-order valence-electron chi connectivity index (χ2n) is 7.57. The van der Waals surface area contributed by atoms with E-state index < -0.39 is 17.7 Å². The predicted molar refractivity (Wildman–Crippen MR) is 113 cm³/mol. The van der Waals surface area contributed by atoms with Crippen LogP contribution >= 0.6 is 0 Å². The van der Waals surface area contributed by atoms with Gasteiger partial charge in [-0.1, -0.05) is 47.5 Å². The Bertz CT molecular complexity index is 977. The van der Waals surface area contributed by atoms with Crippen molar-refractivity contribution in [3.8, 4) is 0 Å². The van der Waals surface area contributed by atoms with E-state index >= 15 is 0 Å². The Hall–Kier alpha value is -2.92. The van der Waals surface area contributed by atoms with Gasteiger partial charge in [-0.15, -0.1) is 0 Å².